The quantitative estimate of drug-likeness (QED) is 0.706. The largest absolute Gasteiger partial charge is 0.497 e. The molecule has 0 aliphatic carbocycles. The van der Waals surface area contributed by atoms with Crippen LogP contribution < -0.4 is 9.46 Å². The van der Waals surface area contributed by atoms with Gasteiger partial charge in [-0.2, -0.15) is 0 Å². The Kier molecular flexibility index (Phi) is 7.24. The van der Waals surface area contributed by atoms with Crippen molar-refractivity contribution in [3.8, 4) is 5.75 Å². The van der Waals surface area contributed by atoms with Crippen LogP contribution in [0.4, 0.5) is 0 Å². The molecule has 0 saturated carbocycles. The second kappa shape index (κ2) is 9.87. The van der Waals surface area contributed by atoms with Gasteiger partial charge in [0.2, 0.25) is 15.9 Å². The second-order valence-electron chi connectivity index (χ2n) is 6.85. The molecule has 0 aromatic heterocycles. The number of aryl methyl sites for hydroxylation is 1. The van der Waals surface area contributed by atoms with Gasteiger partial charge in [0.05, 0.1) is 32.6 Å². The summed E-state index contributed by atoms with van der Waals surface area (Å²) in [6.07, 6.45) is 0.168. The van der Waals surface area contributed by atoms with Crippen molar-refractivity contribution in [3.63, 3.8) is 0 Å². The monoisotopic (exact) mass is 418 g/mol. The van der Waals surface area contributed by atoms with Gasteiger partial charge in [0.25, 0.3) is 0 Å². The molecule has 2 aromatic rings. The Bertz CT molecular complexity index is 900. The molecule has 1 unspecified atom stereocenters. The fraction of sp³-hybridized carbons (Fsp3) is 0.381. The third kappa shape index (κ3) is 6.28. The molecule has 156 valence electrons. The number of morpholine rings is 1. The van der Waals surface area contributed by atoms with E-state index in [1.165, 1.54) is 0 Å². The predicted octanol–water partition coefficient (Wildman–Crippen LogP) is 1.76. The number of carbonyl (C=O) groups excluding carboxylic acids is 1. The van der Waals surface area contributed by atoms with Crippen molar-refractivity contribution < 1.29 is 22.7 Å². The van der Waals surface area contributed by atoms with Crippen LogP contribution in [-0.4, -0.2) is 58.3 Å². The lowest BCUT2D eigenvalue weighted by molar-refractivity contribution is -0.137. The van der Waals surface area contributed by atoms with Crippen molar-refractivity contribution in [2.75, 3.05) is 39.1 Å². The molecule has 3 rings (SSSR count). The smallest absolute Gasteiger partial charge is 0.237 e. The molecule has 0 spiro atoms. The van der Waals surface area contributed by atoms with E-state index in [-0.39, 0.29) is 24.3 Å². The number of methoxy groups -OCH3 is 1. The van der Waals surface area contributed by atoms with Crippen molar-refractivity contribution in [3.05, 3.63) is 65.7 Å². The zero-order valence-electron chi connectivity index (χ0n) is 16.4. The van der Waals surface area contributed by atoms with Crippen molar-refractivity contribution in [1.29, 1.82) is 0 Å². The van der Waals surface area contributed by atoms with Crippen LogP contribution in [0.25, 0.3) is 0 Å². The third-order valence-corrected chi connectivity index (χ3v) is 6.18. The van der Waals surface area contributed by atoms with E-state index in [9.17, 15) is 13.2 Å². The fourth-order valence-electron chi connectivity index (χ4n) is 3.15. The summed E-state index contributed by atoms with van der Waals surface area (Å²) in [6, 6.07) is 16.9. The van der Waals surface area contributed by atoms with Crippen LogP contribution in [0.3, 0.4) is 0 Å². The van der Waals surface area contributed by atoms with Gasteiger partial charge in [0, 0.05) is 6.54 Å². The minimum absolute atomic E-state index is 0.0810. The van der Waals surface area contributed by atoms with Crippen molar-refractivity contribution in [1.82, 2.24) is 9.62 Å². The highest BCUT2D eigenvalue weighted by molar-refractivity contribution is 7.89. The van der Waals surface area contributed by atoms with Crippen LogP contribution in [0.15, 0.2) is 54.6 Å². The molecule has 29 heavy (non-hydrogen) atoms. The third-order valence-electron chi connectivity index (χ3n) is 4.85. The first-order valence-electron chi connectivity index (χ1n) is 9.51. The number of hydrogen-bond acceptors (Lipinski definition) is 5. The molecule has 1 fully saturated rings. The van der Waals surface area contributed by atoms with E-state index in [4.69, 9.17) is 9.47 Å². The first-order valence-corrected chi connectivity index (χ1v) is 11.2. The molecule has 1 saturated heterocycles. The van der Waals surface area contributed by atoms with Gasteiger partial charge in [-0.05, 0) is 29.7 Å². The fourth-order valence-corrected chi connectivity index (χ4v) is 4.14. The number of nitrogens with zero attached hydrogens (tertiary/aromatic N) is 1. The van der Waals surface area contributed by atoms with E-state index in [0.717, 1.165) is 16.9 Å². The van der Waals surface area contributed by atoms with Gasteiger partial charge in [-0.15, -0.1) is 0 Å². The Balaban J connectivity index is 1.48. The summed E-state index contributed by atoms with van der Waals surface area (Å²) in [4.78, 5) is 14.1. The molecular weight excluding hydrogens is 392 g/mol. The summed E-state index contributed by atoms with van der Waals surface area (Å²) in [5.74, 6) is 0.393. The predicted molar refractivity (Wildman–Crippen MR) is 110 cm³/mol. The lowest BCUT2D eigenvalue weighted by Gasteiger charge is -2.33. The van der Waals surface area contributed by atoms with Crippen molar-refractivity contribution >= 4 is 15.9 Å². The molecule has 1 heterocycles. The number of nitrogens with one attached hydrogen (secondary N) is 1. The molecule has 1 atom stereocenters. The van der Waals surface area contributed by atoms with Crippen molar-refractivity contribution in [2.24, 2.45) is 0 Å². The van der Waals surface area contributed by atoms with Crippen LogP contribution in [0.2, 0.25) is 0 Å². The number of carbonyl (C=O) groups is 1. The topological polar surface area (TPSA) is 84.9 Å². The van der Waals surface area contributed by atoms with Gasteiger partial charge in [-0.1, -0.05) is 42.5 Å². The first-order chi connectivity index (χ1) is 14.0. The molecule has 8 heteroatoms. The highest BCUT2D eigenvalue weighted by atomic mass is 32.2. The maximum atomic E-state index is 12.5. The van der Waals surface area contributed by atoms with E-state index in [2.05, 4.69) is 4.72 Å². The van der Waals surface area contributed by atoms with Gasteiger partial charge >= 0.3 is 0 Å². The zero-order valence-corrected chi connectivity index (χ0v) is 17.2. The lowest BCUT2D eigenvalue weighted by atomic mass is 10.1. The summed E-state index contributed by atoms with van der Waals surface area (Å²) in [5.41, 5.74) is 1.89. The Hall–Kier alpha value is -2.42. The number of rotatable bonds is 8. The molecule has 1 N–H and O–H groups in total. The minimum atomic E-state index is -3.55. The second-order valence-corrected chi connectivity index (χ2v) is 8.77. The van der Waals surface area contributed by atoms with Crippen LogP contribution in [0.1, 0.15) is 17.2 Å². The summed E-state index contributed by atoms with van der Waals surface area (Å²) in [6.45, 7) is 1.05. The van der Waals surface area contributed by atoms with E-state index >= 15 is 0 Å². The van der Waals surface area contributed by atoms with E-state index in [0.29, 0.717) is 26.1 Å². The molecule has 0 radical (unpaired) electrons. The van der Waals surface area contributed by atoms with E-state index in [1.54, 1.807) is 24.1 Å². The van der Waals surface area contributed by atoms with Gasteiger partial charge in [-0.3, -0.25) is 4.79 Å². The highest BCUT2D eigenvalue weighted by Crippen LogP contribution is 2.21. The number of hydrogen-bond donors (Lipinski definition) is 1. The standard InChI is InChI=1S/C21H26N2O5S/c1-27-19-9-7-17(8-10-19)11-14-29(25,26)22-15-21(24)23-12-13-28-20(16-23)18-5-3-2-4-6-18/h2-10,20,22H,11-16H2,1H3. The highest BCUT2D eigenvalue weighted by Gasteiger charge is 2.26. The van der Waals surface area contributed by atoms with E-state index < -0.39 is 10.0 Å². The summed E-state index contributed by atoms with van der Waals surface area (Å²) < 4.78 is 37.8. The molecule has 0 bridgehead atoms. The SMILES string of the molecule is COc1ccc(CCS(=O)(=O)NCC(=O)N2CCOC(c3ccccc3)C2)cc1. The Morgan fingerprint density at radius 3 is 2.59 bits per heavy atom. The molecule has 1 amide bonds. The van der Waals surface area contributed by atoms with Gasteiger partial charge in [-0.25, -0.2) is 13.1 Å². The lowest BCUT2D eigenvalue weighted by Crippen LogP contribution is -2.46. The average molecular weight is 419 g/mol. The zero-order chi connectivity index (χ0) is 20.7. The summed E-state index contributed by atoms with van der Waals surface area (Å²) in [7, 11) is -1.97. The normalized spacial score (nSPS) is 17.1. The van der Waals surface area contributed by atoms with Crippen LogP contribution in [0, 0.1) is 0 Å². The van der Waals surface area contributed by atoms with Crippen molar-refractivity contribution in [2.45, 2.75) is 12.5 Å². The van der Waals surface area contributed by atoms with E-state index in [1.807, 2.05) is 42.5 Å². The molecular formula is C21H26N2O5S. The first kappa shape index (κ1) is 21.3. The van der Waals surface area contributed by atoms with Crippen LogP contribution in [0.5, 0.6) is 5.75 Å². The molecule has 2 aromatic carbocycles. The minimum Gasteiger partial charge on any atom is -0.497 e. The Morgan fingerprint density at radius 2 is 1.90 bits per heavy atom. The maximum Gasteiger partial charge on any atom is 0.237 e. The van der Waals surface area contributed by atoms with Gasteiger partial charge in [0.15, 0.2) is 0 Å². The number of amides is 1. The van der Waals surface area contributed by atoms with Gasteiger partial charge < -0.3 is 14.4 Å². The number of ether oxygens (including phenoxy) is 2. The number of benzene rings is 2. The molecule has 7 nitrogen and oxygen atoms in total. The summed E-state index contributed by atoms with van der Waals surface area (Å²) >= 11 is 0. The Morgan fingerprint density at radius 1 is 1.17 bits per heavy atom. The van der Waals surface area contributed by atoms with Gasteiger partial charge in [0.1, 0.15) is 11.9 Å². The molecule has 1 aliphatic heterocycles. The Labute approximate surface area is 171 Å². The van der Waals surface area contributed by atoms with Crippen LogP contribution in [-0.2, 0) is 26.0 Å². The average Bonchev–Trinajstić information content (AvgIpc) is 2.77. The van der Waals surface area contributed by atoms with Crippen LogP contribution >= 0.6 is 0 Å². The maximum absolute atomic E-state index is 12.5. The molecule has 1 aliphatic rings. The number of sulfonamides is 1. The summed E-state index contributed by atoms with van der Waals surface area (Å²) in [5, 5.41) is 0.